The van der Waals surface area contributed by atoms with E-state index in [9.17, 15) is 4.79 Å². The zero-order valence-electron chi connectivity index (χ0n) is 9.98. The summed E-state index contributed by atoms with van der Waals surface area (Å²) in [5.41, 5.74) is 2.18. The molecule has 1 aliphatic carbocycles. The number of anilines is 2. The van der Waals surface area contributed by atoms with Crippen LogP contribution in [0.1, 0.15) is 32.1 Å². The lowest BCUT2D eigenvalue weighted by atomic mass is 9.93. The Hall–Kier alpha value is -1.51. The van der Waals surface area contributed by atoms with Crippen molar-refractivity contribution in [2.75, 3.05) is 16.8 Å². The Balaban J connectivity index is 1.75. The summed E-state index contributed by atoms with van der Waals surface area (Å²) in [6.45, 7) is 0.867. The van der Waals surface area contributed by atoms with Gasteiger partial charge in [-0.25, -0.2) is 0 Å². The summed E-state index contributed by atoms with van der Waals surface area (Å²) in [5, 5.41) is 3.52. The average molecular weight is 230 g/mol. The Morgan fingerprint density at radius 1 is 1.24 bits per heavy atom. The first-order valence-corrected chi connectivity index (χ1v) is 6.50. The van der Waals surface area contributed by atoms with Crippen molar-refractivity contribution >= 4 is 17.3 Å². The number of rotatable bonds is 3. The first-order valence-electron chi connectivity index (χ1n) is 6.50. The molecule has 2 fully saturated rings. The molecule has 0 bridgehead atoms. The number of nitrogens with zero attached hydrogens (tertiary/aromatic N) is 1. The van der Waals surface area contributed by atoms with Gasteiger partial charge < -0.3 is 10.2 Å². The quantitative estimate of drug-likeness (QED) is 0.866. The van der Waals surface area contributed by atoms with Gasteiger partial charge in [0.15, 0.2) is 0 Å². The number of hydrogen-bond donors (Lipinski definition) is 1. The van der Waals surface area contributed by atoms with Crippen molar-refractivity contribution in [2.45, 2.75) is 38.1 Å². The zero-order valence-corrected chi connectivity index (χ0v) is 9.98. The monoisotopic (exact) mass is 230 g/mol. The molecule has 0 unspecified atom stereocenters. The van der Waals surface area contributed by atoms with E-state index in [2.05, 4.69) is 17.4 Å². The summed E-state index contributed by atoms with van der Waals surface area (Å²) >= 11 is 0. The molecule has 0 radical (unpaired) electrons. The van der Waals surface area contributed by atoms with Gasteiger partial charge in [-0.2, -0.15) is 0 Å². The van der Waals surface area contributed by atoms with Crippen LogP contribution in [0.5, 0.6) is 0 Å². The lowest BCUT2D eigenvalue weighted by Crippen LogP contribution is -2.27. The van der Waals surface area contributed by atoms with Crippen LogP contribution in [-0.4, -0.2) is 18.5 Å². The second-order valence-electron chi connectivity index (χ2n) is 4.97. The smallest absolute Gasteiger partial charge is 0.227 e. The summed E-state index contributed by atoms with van der Waals surface area (Å²) in [5.74, 6) is 0.255. The van der Waals surface area contributed by atoms with E-state index in [1.165, 1.54) is 19.3 Å². The van der Waals surface area contributed by atoms with E-state index in [-0.39, 0.29) is 5.91 Å². The Morgan fingerprint density at radius 2 is 2.12 bits per heavy atom. The maximum Gasteiger partial charge on any atom is 0.227 e. The van der Waals surface area contributed by atoms with Crippen molar-refractivity contribution in [2.24, 2.45) is 0 Å². The summed E-state index contributed by atoms with van der Waals surface area (Å²) < 4.78 is 0. The van der Waals surface area contributed by atoms with Crippen LogP contribution >= 0.6 is 0 Å². The largest absolute Gasteiger partial charge is 0.382 e. The van der Waals surface area contributed by atoms with Crippen molar-refractivity contribution in [1.29, 1.82) is 0 Å². The van der Waals surface area contributed by atoms with Crippen molar-refractivity contribution in [1.82, 2.24) is 0 Å². The Bertz CT molecular complexity index is 426. The Kier molecular flexibility index (Phi) is 2.75. The SMILES string of the molecule is O=C1CCCN1c1cccc(NC2CCC2)c1. The van der Waals surface area contributed by atoms with E-state index >= 15 is 0 Å². The van der Waals surface area contributed by atoms with Crippen molar-refractivity contribution in [3.05, 3.63) is 24.3 Å². The fourth-order valence-electron chi connectivity index (χ4n) is 2.47. The fraction of sp³-hybridized carbons (Fsp3) is 0.500. The van der Waals surface area contributed by atoms with E-state index in [0.717, 1.165) is 24.3 Å². The van der Waals surface area contributed by atoms with Crippen LogP contribution in [0.3, 0.4) is 0 Å². The highest BCUT2D eigenvalue weighted by atomic mass is 16.2. The lowest BCUT2D eigenvalue weighted by molar-refractivity contribution is -0.117. The summed E-state index contributed by atoms with van der Waals surface area (Å²) in [6.07, 6.45) is 5.56. The van der Waals surface area contributed by atoms with Crippen LogP contribution in [0.25, 0.3) is 0 Å². The molecule has 3 nitrogen and oxygen atoms in total. The standard InChI is InChI=1S/C14H18N2O/c17-14-8-3-9-16(14)13-7-2-6-12(10-13)15-11-4-1-5-11/h2,6-7,10-11,15H,1,3-5,8-9H2. The highest BCUT2D eigenvalue weighted by Gasteiger charge is 2.22. The van der Waals surface area contributed by atoms with Crippen LogP contribution in [0, 0.1) is 0 Å². The van der Waals surface area contributed by atoms with Crippen LogP contribution in [0.4, 0.5) is 11.4 Å². The normalized spacial score (nSPS) is 20.5. The minimum Gasteiger partial charge on any atom is -0.382 e. The van der Waals surface area contributed by atoms with Crippen molar-refractivity contribution < 1.29 is 4.79 Å². The second kappa shape index (κ2) is 4.40. The molecule has 0 spiro atoms. The van der Waals surface area contributed by atoms with Gasteiger partial charge in [0.2, 0.25) is 5.91 Å². The molecule has 1 aromatic rings. The Labute approximate surface area is 102 Å². The van der Waals surface area contributed by atoms with Gasteiger partial charge in [-0.3, -0.25) is 4.79 Å². The van der Waals surface area contributed by atoms with E-state index in [0.29, 0.717) is 12.5 Å². The van der Waals surface area contributed by atoms with Gasteiger partial charge in [-0.05, 0) is 43.9 Å². The van der Waals surface area contributed by atoms with E-state index in [1.807, 2.05) is 17.0 Å². The van der Waals surface area contributed by atoms with Gasteiger partial charge >= 0.3 is 0 Å². The molecular formula is C14H18N2O. The summed E-state index contributed by atoms with van der Waals surface area (Å²) in [4.78, 5) is 13.6. The van der Waals surface area contributed by atoms with Gasteiger partial charge in [0.1, 0.15) is 0 Å². The number of amides is 1. The molecule has 1 amide bonds. The minimum absolute atomic E-state index is 0.255. The molecule has 1 aromatic carbocycles. The van der Waals surface area contributed by atoms with Crippen LogP contribution in [0.15, 0.2) is 24.3 Å². The molecule has 0 aromatic heterocycles. The summed E-state index contributed by atoms with van der Waals surface area (Å²) in [7, 11) is 0. The molecule has 1 saturated heterocycles. The van der Waals surface area contributed by atoms with Gasteiger partial charge in [-0.1, -0.05) is 6.07 Å². The van der Waals surface area contributed by atoms with Gasteiger partial charge in [0.05, 0.1) is 0 Å². The van der Waals surface area contributed by atoms with Gasteiger partial charge in [0, 0.05) is 30.4 Å². The van der Waals surface area contributed by atoms with Gasteiger partial charge in [0.25, 0.3) is 0 Å². The second-order valence-corrected chi connectivity index (χ2v) is 4.97. The molecule has 17 heavy (non-hydrogen) atoms. The first-order chi connectivity index (χ1) is 8.33. The average Bonchev–Trinajstić information content (AvgIpc) is 2.71. The number of hydrogen-bond acceptors (Lipinski definition) is 2. The number of nitrogens with one attached hydrogen (secondary N) is 1. The summed E-state index contributed by atoms with van der Waals surface area (Å²) in [6, 6.07) is 8.88. The molecule has 3 heteroatoms. The van der Waals surface area contributed by atoms with E-state index in [1.54, 1.807) is 0 Å². The predicted octanol–water partition coefficient (Wildman–Crippen LogP) is 2.78. The third kappa shape index (κ3) is 2.14. The molecular weight excluding hydrogens is 212 g/mol. The van der Waals surface area contributed by atoms with Gasteiger partial charge in [-0.15, -0.1) is 0 Å². The maximum absolute atomic E-state index is 11.7. The lowest BCUT2D eigenvalue weighted by Gasteiger charge is -2.28. The van der Waals surface area contributed by atoms with Crippen molar-refractivity contribution in [3.63, 3.8) is 0 Å². The fourth-order valence-corrected chi connectivity index (χ4v) is 2.47. The zero-order chi connectivity index (χ0) is 11.7. The predicted molar refractivity (Wildman–Crippen MR) is 69.3 cm³/mol. The minimum atomic E-state index is 0.255. The van der Waals surface area contributed by atoms with Crippen molar-refractivity contribution in [3.8, 4) is 0 Å². The molecule has 1 saturated carbocycles. The highest BCUT2D eigenvalue weighted by molar-refractivity contribution is 5.95. The van der Waals surface area contributed by atoms with E-state index in [4.69, 9.17) is 0 Å². The molecule has 2 aliphatic rings. The molecule has 0 atom stereocenters. The topological polar surface area (TPSA) is 32.3 Å². The maximum atomic E-state index is 11.7. The third-order valence-corrected chi connectivity index (χ3v) is 3.71. The molecule has 3 rings (SSSR count). The van der Waals surface area contributed by atoms with Crippen LogP contribution in [0.2, 0.25) is 0 Å². The molecule has 90 valence electrons. The number of benzene rings is 1. The number of carbonyl (C=O) groups is 1. The first kappa shape index (κ1) is 10.6. The van der Waals surface area contributed by atoms with Crippen LogP contribution < -0.4 is 10.2 Å². The highest BCUT2D eigenvalue weighted by Crippen LogP contribution is 2.27. The van der Waals surface area contributed by atoms with Crippen LogP contribution in [-0.2, 0) is 4.79 Å². The number of carbonyl (C=O) groups excluding carboxylic acids is 1. The molecule has 1 N–H and O–H groups in total. The third-order valence-electron chi connectivity index (χ3n) is 3.71. The van der Waals surface area contributed by atoms with E-state index < -0.39 is 0 Å². The molecule has 1 heterocycles. The molecule has 1 aliphatic heterocycles. The Morgan fingerprint density at radius 3 is 2.76 bits per heavy atom.